The first-order chi connectivity index (χ1) is 16.5. The number of aliphatic hydroxyl groups is 1. The summed E-state index contributed by atoms with van der Waals surface area (Å²) in [6, 6.07) is 1.34. The molecule has 1 heterocycles. The lowest BCUT2D eigenvalue weighted by Gasteiger charge is -2.45. The van der Waals surface area contributed by atoms with Gasteiger partial charge < -0.3 is 15.1 Å². The Morgan fingerprint density at radius 3 is 2.50 bits per heavy atom. The molecule has 2 aliphatic carbocycles. The van der Waals surface area contributed by atoms with Crippen molar-refractivity contribution in [1.82, 2.24) is 15.1 Å². The topological polar surface area (TPSA) is 76.0 Å². The van der Waals surface area contributed by atoms with E-state index in [1.54, 1.807) is 0 Å². The molecule has 4 atom stereocenters. The summed E-state index contributed by atoms with van der Waals surface area (Å²) in [5, 5.41) is 23.0. The number of hydrogen-bond acceptors (Lipinski definition) is 5. The highest BCUT2D eigenvalue weighted by molar-refractivity contribution is 5.69. The molecule has 3 N–H and O–H groups in total. The van der Waals surface area contributed by atoms with Gasteiger partial charge in [-0.25, -0.2) is 0 Å². The predicted molar refractivity (Wildman–Crippen MR) is 138 cm³/mol. The van der Waals surface area contributed by atoms with Crippen LogP contribution in [0.5, 0.6) is 0 Å². The van der Waals surface area contributed by atoms with Gasteiger partial charge in [-0.15, -0.1) is 0 Å². The maximum atomic E-state index is 11.1. The number of nitrogens with one attached hydrogen (secondary N) is 1. The van der Waals surface area contributed by atoms with Crippen LogP contribution in [-0.2, 0) is 4.79 Å². The van der Waals surface area contributed by atoms with Gasteiger partial charge in [-0.05, 0) is 64.1 Å². The van der Waals surface area contributed by atoms with E-state index in [1.807, 2.05) is 37.3 Å². The number of likely N-dealkylation sites (tertiary alicyclic amines) is 1. The molecule has 0 amide bonds. The van der Waals surface area contributed by atoms with E-state index < -0.39 is 12.2 Å². The summed E-state index contributed by atoms with van der Waals surface area (Å²) in [6.45, 7) is 5.20. The van der Waals surface area contributed by atoms with E-state index in [1.165, 1.54) is 70.8 Å². The zero-order chi connectivity index (χ0) is 24.3. The monoisotopic (exact) mass is 473 g/mol. The Morgan fingerprint density at radius 2 is 1.82 bits per heavy atom. The fourth-order valence-corrected chi connectivity index (χ4v) is 6.18. The molecule has 34 heavy (non-hydrogen) atoms. The lowest BCUT2D eigenvalue weighted by Crippen LogP contribution is -2.50. The maximum Gasteiger partial charge on any atom is 0.317 e. The lowest BCUT2D eigenvalue weighted by atomic mass is 9.88. The molecule has 0 bridgehead atoms. The number of carboxylic acids is 1. The zero-order valence-corrected chi connectivity index (χ0v) is 21.4. The molecule has 1 saturated heterocycles. The van der Waals surface area contributed by atoms with Crippen LogP contribution in [0.15, 0.2) is 36.1 Å². The molecule has 192 valence electrons. The van der Waals surface area contributed by atoms with Crippen LogP contribution in [0.25, 0.3) is 0 Å². The van der Waals surface area contributed by atoms with E-state index in [0.717, 1.165) is 18.5 Å². The van der Waals surface area contributed by atoms with Gasteiger partial charge in [-0.3, -0.25) is 15.0 Å². The molecule has 0 aromatic rings. The van der Waals surface area contributed by atoms with Crippen LogP contribution in [0.1, 0.15) is 90.9 Å². The molecular formula is C28H47N3O3. The van der Waals surface area contributed by atoms with Crippen molar-refractivity contribution in [2.24, 2.45) is 0 Å². The summed E-state index contributed by atoms with van der Waals surface area (Å²) in [4.78, 5) is 16.0. The third-order valence-electron chi connectivity index (χ3n) is 7.86. The Balaban J connectivity index is 1.76. The van der Waals surface area contributed by atoms with E-state index in [2.05, 4.69) is 22.0 Å². The van der Waals surface area contributed by atoms with Gasteiger partial charge in [0.15, 0.2) is 0 Å². The number of carboxylic acid groups (broad SMARTS) is 1. The van der Waals surface area contributed by atoms with E-state index in [4.69, 9.17) is 5.11 Å². The Kier molecular flexibility index (Phi) is 11.1. The normalized spacial score (nSPS) is 26.7. The van der Waals surface area contributed by atoms with Crippen LogP contribution in [0.3, 0.4) is 0 Å². The van der Waals surface area contributed by atoms with E-state index in [9.17, 15) is 9.90 Å². The zero-order valence-electron chi connectivity index (χ0n) is 21.4. The summed E-state index contributed by atoms with van der Waals surface area (Å²) in [5.41, 5.74) is 0.961. The van der Waals surface area contributed by atoms with E-state index in [-0.39, 0.29) is 18.6 Å². The first-order valence-corrected chi connectivity index (χ1v) is 13.7. The highest BCUT2D eigenvalue weighted by atomic mass is 16.4. The Labute approximate surface area is 206 Å². The fraction of sp³-hybridized carbons (Fsp3) is 0.750. The van der Waals surface area contributed by atoms with Gasteiger partial charge in [0.1, 0.15) is 6.23 Å². The van der Waals surface area contributed by atoms with Crippen LogP contribution in [0.2, 0.25) is 0 Å². The van der Waals surface area contributed by atoms with Crippen LogP contribution < -0.4 is 5.32 Å². The number of nitrogens with zero attached hydrogens (tertiary/aromatic N) is 2. The molecule has 0 aromatic heterocycles. The minimum absolute atomic E-state index is 0.0942. The average Bonchev–Trinajstić information content (AvgIpc) is 3.03. The van der Waals surface area contributed by atoms with E-state index in [0.29, 0.717) is 12.1 Å². The molecule has 0 spiro atoms. The smallest absolute Gasteiger partial charge is 0.317 e. The Bertz CT molecular complexity index is 710. The number of piperidine rings is 1. The highest BCUT2D eigenvalue weighted by Gasteiger charge is 2.33. The molecule has 6 nitrogen and oxygen atoms in total. The van der Waals surface area contributed by atoms with Crippen molar-refractivity contribution in [2.75, 3.05) is 13.1 Å². The molecule has 1 aliphatic heterocycles. The number of aliphatic carboxylic acids is 1. The molecule has 6 heteroatoms. The van der Waals surface area contributed by atoms with Crippen molar-refractivity contribution in [3.63, 3.8) is 0 Å². The average molecular weight is 474 g/mol. The Morgan fingerprint density at radius 1 is 1.12 bits per heavy atom. The van der Waals surface area contributed by atoms with Gasteiger partial charge in [-0.1, -0.05) is 63.7 Å². The number of hydrogen-bond donors (Lipinski definition) is 3. The highest BCUT2D eigenvalue weighted by Crippen LogP contribution is 2.32. The van der Waals surface area contributed by atoms with Gasteiger partial charge in [0.2, 0.25) is 0 Å². The molecule has 0 aromatic carbocycles. The van der Waals surface area contributed by atoms with Gasteiger partial charge >= 0.3 is 5.97 Å². The third kappa shape index (κ3) is 7.96. The van der Waals surface area contributed by atoms with Gasteiger partial charge in [-0.2, -0.15) is 0 Å². The van der Waals surface area contributed by atoms with Crippen LogP contribution in [-0.4, -0.2) is 69.5 Å². The molecule has 4 unspecified atom stereocenters. The molecule has 2 fully saturated rings. The summed E-state index contributed by atoms with van der Waals surface area (Å²) in [7, 11) is 0. The summed E-state index contributed by atoms with van der Waals surface area (Å²) < 4.78 is 0. The molecule has 3 rings (SSSR count). The largest absolute Gasteiger partial charge is 0.480 e. The molecular weight excluding hydrogens is 426 g/mol. The van der Waals surface area contributed by atoms with Gasteiger partial charge in [0.25, 0.3) is 0 Å². The maximum absolute atomic E-state index is 11.1. The van der Waals surface area contributed by atoms with Crippen molar-refractivity contribution in [3.05, 3.63) is 36.1 Å². The molecule has 0 radical (unpaired) electrons. The quantitative estimate of drug-likeness (QED) is 0.395. The van der Waals surface area contributed by atoms with Crippen molar-refractivity contribution < 1.29 is 15.0 Å². The van der Waals surface area contributed by atoms with Crippen LogP contribution >= 0.6 is 0 Å². The first kappa shape index (κ1) is 27.0. The first-order valence-electron chi connectivity index (χ1n) is 13.7. The van der Waals surface area contributed by atoms with Crippen LogP contribution in [0, 0.1) is 0 Å². The minimum atomic E-state index is -0.869. The molecule has 3 aliphatic rings. The predicted octanol–water partition coefficient (Wildman–Crippen LogP) is 4.82. The van der Waals surface area contributed by atoms with Crippen molar-refractivity contribution in [1.29, 1.82) is 0 Å². The van der Waals surface area contributed by atoms with Crippen molar-refractivity contribution in [2.45, 2.75) is 121 Å². The Hall–Kier alpha value is -1.63. The van der Waals surface area contributed by atoms with Crippen LogP contribution in [0.4, 0.5) is 0 Å². The minimum Gasteiger partial charge on any atom is -0.480 e. The van der Waals surface area contributed by atoms with Crippen molar-refractivity contribution in [3.8, 4) is 0 Å². The summed E-state index contributed by atoms with van der Waals surface area (Å²) in [6.07, 6.45) is 24.8. The standard InChI is InChI=1S/C28H47N3O3/c1-3-24(20-26-16-11-12-18-30(26)25-14-7-5-4-6-8-15-25)31(22(2)32)27-17-10-9-13-23(19-27)29-21-28(33)34/h9-10,13,17,19,22-26,29,32H,3-8,11-12,14-16,18,20-21H2,1-2H3,(H,33,34). The SMILES string of the molecule is CCC(CC1CCCCN1C1CCCCCCC1)N(C1=CC(NCC(=O)O)C=CC=C1)C(C)O. The summed E-state index contributed by atoms with van der Waals surface area (Å²) in [5.74, 6) is -0.869. The molecule has 1 saturated carbocycles. The van der Waals surface area contributed by atoms with Gasteiger partial charge in [0.05, 0.1) is 6.54 Å². The third-order valence-corrected chi connectivity index (χ3v) is 7.86. The number of carbonyl (C=O) groups is 1. The van der Waals surface area contributed by atoms with Crippen molar-refractivity contribution >= 4 is 5.97 Å². The number of allylic oxidation sites excluding steroid dienone is 3. The second kappa shape index (κ2) is 14.1. The number of aliphatic hydroxyl groups excluding tert-OH is 1. The number of rotatable bonds is 10. The second-order valence-corrected chi connectivity index (χ2v) is 10.4. The fourth-order valence-electron chi connectivity index (χ4n) is 6.18. The second-order valence-electron chi connectivity index (χ2n) is 10.4. The lowest BCUT2D eigenvalue weighted by molar-refractivity contribution is -0.136. The summed E-state index contributed by atoms with van der Waals surface area (Å²) >= 11 is 0. The van der Waals surface area contributed by atoms with Gasteiger partial charge in [0, 0.05) is 29.9 Å². The van der Waals surface area contributed by atoms with E-state index >= 15 is 0 Å².